The average Bonchev–Trinajstić information content (AvgIpc) is 2.71. The first-order valence-corrected chi connectivity index (χ1v) is 6.25. The predicted molar refractivity (Wildman–Crippen MR) is 71.8 cm³/mol. The third-order valence-electron chi connectivity index (χ3n) is 2.70. The molecule has 0 atom stereocenters. The first-order chi connectivity index (χ1) is 8.63. The van der Waals surface area contributed by atoms with Crippen molar-refractivity contribution in [2.75, 3.05) is 0 Å². The molecule has 90 valence electrons. The molecule has 0 radical (unpaired) electrons. The number of nitrogens with zero attached hydrogens (tertiary/aromatic N) is 1. The van der Waals surface area contributed by atoms with Crippen LogP contribution >= 0.6 is 15.9 Å². The summed E-state index contributed by atoms with van der Waals surface area (Å²) in [7, 11) is 0. The Morgan fingerprint density at radius 1 is 1.17 bits per heavy atom. The fraction of sp³-hybridized carbons (Fsp3) is 0.0714. The molecule has 3 aromatic rings. The molecule has 0 saturated carbocycles. The first-order valence-electron chi connectivity index (χ1n) is 5.46. The van der Waals surface area contributed by atoms with E-state index >= 15 is 0 Å². The Morgan fingerprint density at radius 3 is 2.78 bits per heavy atom. The van der Waals surface area contributed by atoms with Crippen molar-refractivity contribution in [2.24, 2.45) is 0 Å². The molecule has 1 heterocycles. The van der Waals surface area contributed by atoms with Crippen LogP contribution in [0.1, 0.15) is 5.56 Å². The van der Waals surface area contributed by atoms with E-state index in [0.29, 0.717) is 21.5 Å². The number of aromatic nitrogens is 1. The number of hydrogen-bond acceptors (Lipinski definition) is 2. The molecule has 0 aliphatic carbocycles. The van der Waals surface area contributed by atoms with E-state index in [1.54, 1.807) is 12.1 Å². The van der Waals surface area contributed by atoms with Gasteiger partial charge in [-0.3, -0.25) is 0 Å². The Morgan fingerprint density at radius 2 is 2.00 bits per heavy atom. The zero-order valence-electron chi connectivity index (χ0n) is 9.58. The molecule has 3 rings (SSSR count). The molecule has 2 nitrogen and oxygen atoms in total. The summed E-state index contributed by atoms with van der Waals surface area (Å²) in [6.45, 7) is 1.98. The number of oxazole rings is 1. The van der Waals surface area contributed by atoms with Gasteiger partial charge in [0.15, 0.2) is 5.58 Å². The van der Waals surface area contributed by atoms with Gasteiger partial charge in [-0.05, 0) is 42.8 Å². The fourth-order valence-corrected chi connectivity index (χ4v) is 2.15. The molecule has 0 aliphatic heterocycles. The second-order valence-corrected chi connectivity index (χ2v) is 5.03. The van der Waals surface area contributed by atoms with Gasteiger partial charge >= 0.3 is 0 Å². The van der Waals surface area contributed by atoms with Crippen LogP contribution in [0.25, 0.3) is 22.6 Å². The molecule has 4 heteroatoms. The van der Waals surface area contributed by atoms with Crippen molar-refractivity contribution in [1.29, 1.82) is 0 Å². The van der Waals surface area contributed by atoms with Crippen molar-refractivity contribution in [3.63, 3.8) is 0 Å². The van der Waals surface area contributed by atoms with Crippen molar-refractivity contribution in [3.8, 4) is 11.5 Å². The SMILES string of the molecule is Cc1ccc2oc(-c3ccc(Br)cc3F)nc2c1. The van der Waals surface area contributed by atoms with Crippen molar-refractivity contribution in [3.05, 3.63) is 52.3 Å². The molecule has 0 fully saturated rings. The Labute approximate surface area is 112 Å². The van der Waals surface area contributed by atoms with E-state index in [1.165, 1.54) is 6.07 Å². The predicted octanol–water partition coefficient (Wildman–Crippen LogP) is 4.70. The maximum Gasteiger partial charge on any atom is 0.230 e. The Bertz CT molecular complexity index is 736. The molecule has 18 heavy (non-hydrogen) atoms. The Balaban J connectivity index is 2.19. The van der Waals surface area contributed by atoms with E-state index < -0.39 is 0 Å². The van der Waals surface area contributed by atoms with Gasteiger partial charge in [-0.15, -0.1) is 0 Å². The Hall–Kier alpha value is -1.68. The lowest BCUT2D eigenvalue weighted by Gasteiger charge is -1.97. The minimum atomic E-state index is -0.354. The van der Waals surface area contributed by atoms with Crippen LogP contribution in [0.4, 0.5) is 4.39 Å². The first kappa shape index (κ1) is 11.4. The van der Waals surface area contributed by atoms with Gasteiger partial charge in [0.2, 0.25) is 5.89 Å². The molecular formula is C14H9BrFNO. The second-order valence-electron chi connectivity index (χ2n) is 4.11. The third kappa shape index (κ3) is 1.93. The van der Waals surface area contributed by atoms with Gasteiger partial charge in [0.1, 0.15) is 11.3 Å². The highest BCUT2D eigenvalue weighted by atomic mass is 79.9. The van der Waals surface area contributed by atoms with Crippen LogP contribution in [0.15, 0.2) is 45.3 Å². The van der Waals surface area contributed by atoms with E-state index in [9.17, 15) is 4.39 Å². The number of rotatable bonds is 1. The van der Waals surface area contributed by atoms with Crippen LogP contribution in [0, 0.1) is 12.7 Å². The summed E-state index contributed by atoms with van der Waals surface area (Å²) in [6, 6.07) is 10.5. The number of hydrogen-bond donors (Lipinski definition) is 0. The Kier molecular flexibility index (Phi) is 2.67. The maximum absolute atomic E-state index is 13.8. The molecule has 0 amide bonds. The van der Waals surface area contributed by atoms with E-state index in [1.807, 2.05) is 25.1 Å². The molecule has 2 aromatic carbocycles. The highest BCUT2D eigenvalue weighted by Gasteiger charge is 2.12. The van der Waals surface area contributed by atoms with Crippen LogP contribution < -0.4 is 0 Å². The summed E-state index contributed by atoms with van der Waals surface area (Å²) < 4.78 is 20.1. The van der Waals surface area contributed by atoms with Crippen LogP contribution in [-0.2, 0) is 0 Å². The van der Waals surface area contributed by atoms with Gasteiger partial charge in [0.05, 0.1) is 5.56 Å². The van der Waals surface area contributed by atoms with Gasteiger partial charge in [0, 0.05) is 4.47 Å². The topological polar surface area (TPSA) is 26.0 Å². The molecule has 0 spiro atoms. The molecule has 1 aromatic heterocycles. The van der Waals surface area contributed by atoms with Gasteiger partial charge in [-0.25, -0.2) is 9.37 Å². The van der Waals surface area contributed by atoms with Crippen molar-refractivity contribution in [1.82, 2.24) is 4.98 Å². The second kappa shape index (κ2) is 4.21. The van der Waals surface area contributed by atoms with Crippen LogP contribution in [-0.4, -0.2) is 4.98 Å². The van der Waals surface area contributed by atoms with Crippen LogP contribution in [0.3, 0.4) is 0 Å². The molecule has 0 aliphatic rings. The summed E-state index contributed by atoms with van der Waals surface area (Å²) in [5.41, 5.74) is 2.87. The third-order valence-corrected chi connectivity index (χ3v) is 3.20. The quantitative estimate of drug-likeness (QED) is 0.651. The van der Waals surface area contributed by atoms with Crippen molar-refractivity contribution < 1.29 is 8.81 Å². The van der Waals surface area contributed by atoms with Gasteiger partial charge in [-0.2, -0.15) is 0 Å². The van der Waals surface area contributed by atoms with E-state index in [0.717, 1.165) is 11.1 Å². The van der Waals surface area contributed by atoms with E-state index in [-0.39, 0.29) is 5.82 Å². The molecule has 0 unspecified atom stereocenters. The number of benzene rings is 2. The van der Waals surface area contributed by atoms with E-state index in [2.05, 4.69) is 20.9 Å². The summed E-state index contributed by atoms with van der Waals surface area (Å²) in [5.74, 6) is -0.0479. The zero-order chi connectivity index (χ0) is 12.7. The standard InChI is InChI=1S/C14H9BrFNO/c1-8-2-5-13-12(6-8)17-14(18-13)10-4-3-9(15)7-11(10)16/h2-7H,1H3. The molecule has 0 saturated heterocycles. The van der Waals surface area contributed by atoms with Gasteiger partial charge in [-0.1, -0.05) is 22.0 Å². The maximum atomic E-state index is 13.8. The smallest absolute Gasteiger partial charge is 0.230 e. The molecule has 0 N–H and O–H groups in total. The molecular weight excluding hydrogens is 297 g/mol. The van der Waals surface area contributed by atoms with Crippen LogP contribution in [0.2, 0.25) is 0 Å². The summed E-state index contributed by atoms with van der Waals surface area (Å²) in [4.78, 5) is 4.31. The monoisotopic (exact) mass is 305 g/mol. The number of halogens is 2. The minimum Gasteiger partial charge on any atom is -0.436 e. The number of fused-ring (bicyclic) bond motifs is 1. The minimum absolute atomic E-state index is 0.306. The zero-order valence-corrected chi connectivity index (χ0v) is 11.2. The largest absolute Gasteiger partial charge is 0.436 e. The van der Waals surface area contributed by atoms with Crippen molar-refractivity contribution >= 4 is 27.0 Å². The summed E-state index contributed by atoms with van der Waals surface area (Å²) in [6.07, 6.45) is 0. The average molecular weight is 306 g/mol. The van der Waals surface area contributed by atoms with E-state index in [4.69, 9.17) is 4.42 Å². The molecule has 0 bridgehead atoms. The lowest BCUT2D eigenvalue weighted by molar-refractivity contribution is 0.593. The van der Waals surface area contributed by atoms with Crippen molar-refractivity contribution in [2.45, 2.75) is 6.92 Å². The number of aryl methyl sites for hydroxylation is 1. The summed E-state index contributed by atoms with van der Waals surface area (Å²) in [5, 5.41) is 0. The summed E-state index contributed by atoms with van der Waals surface area (Å²) >= 11 is 3.22. The highest BCUT2D eigenvalue weighted by molar-refractivity contribution is 9.10. The normalized spacial score (nSPS) is 11.1. The lowest BCUT2D eigenvalue weighted by Crippen LogP contribution is -1.83. The van der Waals surface area contributed by atoms with Gasteiger partial charge in [0.25, 0.3) is 0 Å². The fourth-order valence-electron chi connectivity index (χ4n) is 1.82. The van der Waals surface area contributed by atoms with Gasteiger partial charge < -0.3 is 4.42 Å². The lowest BCUT2D eigenvalue weighted by atomic mass is 10.2. The highest BCUT2D eigenvalue weighted by Crippen LogP contribution is 2.28. The van der Waals surface area contributed by atoms with Crippen LogP contribution in [0.5, 0.6) is 0 Å².